The van der Waals surface area contributed by atoms with E-state index in [1.165, 1.54) is 0 Å². The van der Waals surface area contributed by atoms with Gasteiger partial charge in [0.1, 0.15) is 11.4 Å². The number of ether oxygens (including phenoxy) is 1. The number of hydrogen-bond acceptors (Lipinski definition) is 5. The Morgan fingerprint density at radius 1 is 1.23 bits per heavy atom. The van der Waals surface area contributed by atoms with E-state index in [1.807, 2.05) is 35.4 Å². The fourth-order valence-electron chi connectivity index (χ4n) is 3.77. The molecule has 1 fully saturated rings. The van der Waals surface area contributed by atoms with Crippen molar-refractivity contribution < 1.29 is 9.53 Å². The van der Waals surface area contributed by atoms with Crippen molar-refractivity contribution in [2.24, 2.45) is 0 Å². The van der Waals surface area contributed by atoms with Gasteiger partial charge in [-0.15, -0.1) is 0 Å². The van der Waals surface area contributed by atoms with Gasteiger partial charge in [-0.1, -0.05) is 0 Å². The highest BCUT2D eigenvalue weighted by Crippen LogP contribution is 2.31. The third-order valence-corrected chi connectivity index (χ3v) is 5.84. The van der Waals surface area contributed by atoms with Crippen LogP contribution in [0.1, 0.15) is 24.3 Å². The van der Waals surface area contributed by atoms with Gasteiger partial charge in [0, 0.05) is 55.4 Å². The molecule has 0 radical (unpaired) electrons. The van der Waals surface area contributed by atoms with Crippen molar-refractivity contribution in [1.82, 2.24) is 14.9 Å². The highest BCUT2D eigenvalue weighted by Gasteiger charge is 2.25. The second-order valence-corrected chi connectivity index (χ2v) is 8.56. The number of hydrogen-bond donors (Lipinski definition) is 2. The monoisotopic (exact) mass is 471 g/mol. The van der Waals surface area contributed by atoms with Crippen LogP contribution in [0.25, 0.3) is 10.9 Å². The van der Waals surface area contributed by atoms with Gasteiger partial charge < -0.3 is 24.8 Å². The van der Waals surface area contributed by atoms with Gasteiger partial charge in [0.2, 0.25) is 0 Å². The number of fused-ring (bicyclic) bond motifs is 1. The first kappa shape index (κ1) is 20.5. The normalized spacial score (nSPS) is 14.4. The number of anilines is 2. The van der Waals surface area contributed by atoms with E-state index < -0.39 is 0 Å². The fraction of sp³-hybridized carbons (Fsp3) is 0.364. The van der Waals surface area contributed by atoms with Gasteiger partial charge in [-0.3, -0.25) is 4.79 Å². The number of carbonyl (C=O) groups excluding carboxylic acids is 1. The number of pyridine rings is 1. The van der Waals surface area contributed by atoms with E-state index in [2.05, 4.69) is 56.0 Å². The van der Waals surface area contributed by atoms with Crippen LogP contribution in [0.3, 0.4) is 0 Å². The third kappa shape index (κ3) is 4.09. The molecule has 30 heavy (non-hydrogen) atoms. The van der Waals surface area contributed by atoms with Crippen LogP contribution in [0.2, 0.25) is 0 Å². The molecule has 0 saturated carbocycles. The number of nitrogens with zero attached hydrogens (tertiary/aromatic N) is 3. The van der Waals surface area contributed by atoms with Crippen LogP contribution in [-0.2, 0) is 0 Å². The van der Waals surface area contributed by atoms with Gasteiger partial charge in [0.05, 0.1) is 17.3 Å². The van der Waals surface area contributed by atoms with E-state index in [0.29, 0.717) is 24.8 Å². The highest BCUT2D eigenvalue weighted by atomic mass is 79.9. The number of nitrogens with one attached hydrogen (secondary N) is 2. The Hall–Kier alpha value is -2.74. The van der Waals surface area contributed by atoms with Gasteiger partial charge in [0.15, 0.2) is 5.82 Å². The first-order valence-corrected chi connectivity index (χ1v) is 10.9. The lowest BCUT2D eigenvalue weighted by molar-refractivity contribution is 0.0741. The number of halogens is 1. The van der Waals surface area contributed by atoms with Crippen molar-refractivity contribution in [3.63, 3.8) is 0 Å². The topological polar surface area (TPSA) is 73.5 Å². The van der Waals surface area contributed by atoms with Crippen LogP contribution in [0.15, 0.2) is 41.0 Å². The van der Waals surface area contributed by atoms with Crippen molar-refractivity contribution in [2.75, 3.05) is 43.5 Å². The van der Waals surface area contributed by atoms with E-state index in [4.69, 9.17) is 4.74 Å². The summed E-state index contributed by atoms with van der Waals surface area (Å²) >= 11 is 3.50. The molecule has 0 bridgehead atoms. The molecule has 8 heteroatoms. The average Bonchev–Trinajstić information content (AvgIpc) is 3.15. The van der Waals surface area contributed by atoms with Crippen molar-refractivity contribution in [3.8, 4) is 5.75 Å². The number of piperazine rings is 1. The summed E-state index contributed by atoms with van der Waals surface area (Å²) in [6, 6.07) is 10.1. The molecular weight excluding hydrogens is 446 g/mol. The number of methoxy groups -OCH3 is 1. The molecule has 1 saturated heterocycles. The second kappa shape index (κ2) is 8.55. The van der Waals surface area contributed by atoms with Crippen molar-refractivity contribution in [3.05, 3.63) is 46.7 Å². The number of rotatable bonds is 5. The minimum atomic E-state index is 0.0162. The summed E-state index contributed by atoms with van der Waals surface area (Å²) in [6.07, 6.45) is 1.81. The van der Waals surface area contributed by atoms with E-state index in [1.54, 1.807) is 7.11 Å². The van der Waals surface area contributed by atoms with Gasteiger partial charge in [-0.2, -0.15) is 0 Å². The Bertz CT molecular complexity index is 1060. The molecule has 2 N–H and O–H groups in total. The Morgan fingerprint density at radius 2 is 2.00 bits per heavy atom. The Labute approximate surface area is 184 Å². The molecule has 1 aromatic carbocycles. The maximum absolute atomic E-state index is 13.1. The Kier molecular flexibility index (Phi) is 5.85. The van der Waals surface area contributed by atoms with E-state index in [-0.39, 0.29) is 5.91 Å². The average molecular weight is 472 g/mol. The standard InChI is InChI=1S/C22H26BrN5O2/c1-14(2)25-17-5-4-6-24-21(17)27-7-9-28(10-8-27)22(29)19-12-15-11-16(23)20(30-3)13-18(15)26-19/h4-6,11-14,25-26H,7-10H2,1-3H3. The number of H-pyrrole nitrogens is 1. The molecule has 1 amide bonds. The molecule has 3 aromatic rings. The minimum absolute atomic E-state index is 0.0162. The zero-order valence-corrected chi connectivity index (χ0v) is 19.0. The first-order valence-electron chi connectivity index (χ1n) is 10.1. The number of aromatic nitrogens is 2. The summed E-state index contributed by atoms with van der Waals surface area (Å²) in [6.45, 7) is 7.02. The molecular formula is C22H26BrN5O2. The summed E-state index contributed by atoms with van der Waals surface area (Å²) in [7, 11) is 1.63. The van der Waals surface area contributed by atoms with Crippen molar-refractivity contribution in [1.29, 1.82) is 0 Å². The largest absolute Gasteiger partial charge is 0.495 e. The molecule has 2 aromatic heterocycles. The Morgan fingerprint density at radius 3 is 2.70 bits per heavy atom. The van der Waals surface area contributed by atoms with Gasteiger partial charge in [0.25, 0.3) is 5.91 Å². The summed E-state index contributed by atoms with van der Waals surface area (Å²) in [5.74, 6) is 1.70. The van der Waals surface area contributed by atoms with Gasteiger partial charge >= 0.3 is 0 Å². The lowest BCUT2D eigenvalue weighted by Gasteiger charge is -2.36. The predicted molar refractivity (Wildman–Crippen MR) is 124 cm³/mol. The molecule has 1 aliphatic heterocycles. The predicted octanol–water partition coefficient (Wildman–Crippen LogP) is 4.12. The quantitative estimate of drug-likeness (QED) is 0.585. The maximum atomic E-state index is 13.1. The van der Waals surface area contributed by atoms with E-state index in [9.17, 15) is 4.79 Å². The molecule has 4 rings (SSSR count). The third-order valence-electron chi connectivity index (χ3n) is 5.22. The van der Waals surface area contributed by atoms with Crippen molar-refractivity contribution >= 4 is 44.2 Å². The van der Waals surface area contributed by atoms with E-state index in [0.717, 1.165) is 45.7 Å². The number of aromatic amines is 1. The van der Waals surface area contributed by atoms with Crippen LogP contribution in [-0.4, -0.2) is 60.1 Å². The summed E-state index contributed by atoms with van der Waals surface area (Å²) in [5.41, 5.74) is 2.51. The highest BCUT2D eigenvalue weighted by molar-refractivity contribution is 9.10. The molecule has 3 heterocycles. The SMILES string of the molecule is COc1cc2[nH]c(C(=O)N3CCN(c4ncccc4NC(C)C)CC3)cc2cc1Br. The molecule has 0 atom stereocenters. The van der Waals surface area contributed by atoms with Gasteiger partial charge in [-0.05, 0) is 54.0 Å². The molecule has 0 aliphatic carbocycles. The smallest absolute Gasteiger partial charge is 0.270 e. The molecule has 158 valence electrons. The van der Waals surface area contributed by atoms with Crippen LogP contribution in [0.4, 0.5) is 11.5 Å². The zero-order valence-electron chi connectivity index (χ0n) is 17.4. The molecule has 0 unspecified atom stereocenters. The number of amides is 1. The number of carbonyl (C=O) groups is 1. The molecule has 1 aliphatic rings. The fourth-order valence-corrected chi connectivity index (χ4v) is 4.29. The lowest BCUT2D eigenvalue weighted by Crippen LogP contribution is -2.49. The second-order valence-electron chi connectivity index (χ2n) is 7.71. The van der Waals surface area contributed by atoms with Gasteiger partial charge in [-0.25, -0.2) is 4.98 Å². The maximum Gasteiger partial charge on any atom is 0.270 e. The number of benzene rings is 1. The lowest BCUT2D eigenvalue weighted by atomic mass is 10.2. The minimum Gasteiger partial charge on any atom is -0.495 e. The van der Waals surface area contributed by atoms with E-state index >= 15 is 0 Å². The van der Waals surface area contributed by atoms with Crippen LogP contribution < -0.4 is 15.0 Å². The zero-order chi connectivity index (χ0) is 21.3. The summed E-state index contributed by atoms with van der Waals surface area (Å²) < 4.78 is 6.21. The summed E-state index contributed by atoms with van der Waals surface area (Å²) in [5, 5.41) is 4.43. The Balaban J connectivity index is 1.47. The molecule has 7 nitrogen and oxygen atoms in total. The summed E-state index contributed by atoms with van der Waals surface area (Å²) in [4.78, 5) is 25.0. The van der Waals surface area contributed by atoms with Crippen LogP contribution in [0, 0.1) is 0 Å². The molecule has 0 spiro atoms. The van der Waals surface area contributed by atoms with Crippen LogP contribution in [0.5, 0.6) is 5.75 Å². The van der Waals surface area contributed by atoms with Crippen LogP contribution >= 0.6 is 15.9 Å². The van der Waals surface area contributed by atoms with Crippen molar-refractivity contribution in [2.45, 2.75) is 19.9 Å². The first-order chi connectivity index (χ1) is 14.5.